The molecule has 84 valence electrons. The van der Waals surface area contributed by atoms with E-state index < -0.39 is 5.92 Å². The number of likely N-dealkylation sites (N-methyl/N-ethyl adjacent to an activating group) is 1. The summed E-state index contributed by atoms with van der Waals surface area (Å²) in [5, 5.41) is 11.9. The van der Waals surface area contributed by atoms with Crippen LogP contribution in [0.3, 0.4) is 0 Å². The first-order valence-electron chi connectivity index (χ1n) is 4.75. The van der Waals surface area contributed by atoms with Crippen molar-refractivity contribution in [1.82, 2.24) is 5.32 Å². The van der Waals surface area contributed by atoms with Crippen molar-refractivity contribution in [3.8, 4) is 0 Å². The lowest BCUT2D eigenvalue weighted by Gasteiger charge is -2.15. The van der Waals surface area contributed by atoms with Crippen molar-refractivity contribution in [2.45, 2.75) is 18.9 Å². The number of nitrogens with one attached hydrogen (secondary N) is 1. The number of halogens is 2. The predicted octanol–water partition coefficient (Wildman–Crippen LogP) is 2.05. The molecule has 0 spiro atoms. The molecule has 0 bridgehead atoms. The third-order valence-electron chi connectivity index (χ3n) is 2.35. The van der Waals surface area contributed by atoms with Crippen molar-refractivity contribution in [3.63, 3.8) is 0 Å². The molecule has 0 aliphatic heterocycles. The summed E-state index contributed by atoms with van der Waals surface area (Å²) in [4.78, 5) is 0. The Morgan fingerprint density at radius 2 is 1.87 bits per heavy atom. The highest BCUT2D eigenvalue weighted by molar-refractivity contribution is 5.27. The van der Waals surface area contributed by atoms with Crippen molar-refractivity contribution in [2.75, 3.05) is 13.7 Å². The van der Waals surface area contributed by atoms with Crippen LogP contribution < -0.4 is 5.32 Å². The smallest absolute Gasteiger partial charge is 0.270 e. The van der Waals surface area contributed by atoms with E-state index in [9.17, 15) is 8.78 Å². The molecule has 2 nitrogen and oxygen atoms in total. The van der Waals surface area contributed by atoms with Crippen molar-refractivity contribution < 1.29 is 13.9 Å². The van der Waals surface area contributed by atoms with Crippen LogP contribution >= 0.6 is 0 Å². The summed E-state index contributed by atoms with van der Waals surface area (Å²) in [5.41, 5.74) is 0.784. The van der Waals surface area contributed by atoms with Crippen LogP contribution in [0.4, 0.5) is 8.78 Å². The zero-order valence-corrected chi connectivity index (χ0v) is 8.80. The first-order valence-corrected chi connectivity index (χ1v) is 4.75. The number of aliphatic hydroxyl groups is 1. The highest BCUT2D eigenvalue weighted by atomic mass is 19.3. The van der Waals surface area contributed by atoms with E-state index in [-0.39, 0.29) is 18.2 Å². The molecule has 0 saturated carbocycles. The number of alkyl halides is 2. The minimum absolute atomic E-state index is 0.0148. The average molecular weight is 215 g/mol. The van der Waals surface area contributed by atoms with Gasteiger partial charge >= 0.3 is 0 Å². The number of hydrogen-bond acceptors (Lipinski definition) is 2. The minimum Gasteiger partial charge on any atom is -0.394 e. The number of aliphatic hydroxyl groups excluding tert-OH is 1. The quantitative estimate of drug-likeness (QED) is 0.805. The normalized spacial score (nSPS) is 13.9. The fourth-order valence-corrected chi connectivity index (χ4v) is 1.37. The molecular weight excluding hydrogens is 200 g/mol. The van der Waals surface area contributed by atoms with Gasteiger partial charge in [0.15, 0.2) is 0 Å². The maximum Gasteiger partial charge on any atom is 0.270 e. The highest BCUT2D eigenvalue weighted by Crippen LogP contribution is 2.27. The van der Waals surface area contributed by atoms with E-state index in [0.717, 1.165) is 12.5 Å². The molecule has 1 rings (SSSR count). The molecule has 0 aliphatic rings. The lowest BCUT2D eigenvalue weighted by molar-refractivity contribution is 0.0174. The topological polar surface area (TPSA) is 32.3 Å². The van der Waals surface area contributed by atoms with Gasteiger partial charge in [0.1, 0.15) is 0 Å². The summed E-state index contributed by atoms with van der Waals surface area (Å²) in [5.74, 6) is -2.81. The number of hydrogen-bond donors (Lipinski definition) is 2. The van der Waals surface area contributed by atoms with E-state index in [0.29, 0.717) is 0 Å². The van der Waals surface area contributed by atoms with Crippen molar-refractivity contribution in [1.29, 1.82) is 0 Å². The van der Waals surface area contributed by atoms with E-state index in [4.69, 9.17) is 5.11 Å². The van der Waals surface area contributed by atoms with Gasteiger partial charge < -0.3 is 10.4 Å². The van der Waals surface area contributed by atoms with E-state index in [1.54, 1.807) is 19.2 Å². The molecule has 0 saturated heterocycles. The van der Waals surface area contributed by atoms with Gasteiger partial charge in [-0.15, -0.1) is 0 Å². The van der Waals surface area contributed by atoms with Crippen molar-refractivity contribution in [2.24, 2.45) is 0 Å². The van der Waals surface area contributed by atoms with Gasteiger partial charge in [-0.05, 0) is 12.6 Å². The molecule has 1 aromatic carbocycles. The predicted molar refractivity (Wildman–Crippen MR) is 54.9 cm³/mol. The number of benzene rings is 1. The molecule has 0 heterocycles. The maximum atomic E-state index is 12.9. The molecule has 1 aromatic rings. The lowest BCUT2D eigenvalue weighted by atomic mass is 10.0. The molecule has 15 heavy (non-hydrogen) atoms. The fraction of sp³-hybridized carbons (Fsp3) is 0.455. The summed E-state index contributed by atoms with van der Waals surface area (Å²) in [6.07, 6.45) is 0. The molecule has 0 aliphatic carbocycles. The molecular formula is C11H15F2NO. The molecule has 4 heteroatoms. The van der Waals surface area contributed by atoms with Gasteiger partial charge in [0.05, 0.1) is 12.6 Å². The lowest BCUT2D eigenvalue weighted by Crippen LogP contribution is -2.20. The monoisotopic (exact) mass is 215 g/mol. The second-order valence-corrected chi connectivity index (χ2v) is 3.53. The first kappa shape index (κ1) is 12.1. The van der Waals surface area contributed by atoms with Crippen LogP contribution in [0.25, 0.3) is 0 Å². The van der Waals surface area contributed by atoms with Gasteiger partial charge in [-0.3, -0.25) is 0 Å². The molecule has 0 unspecified atom stereocenters. The van der Waals surface area contributed by atoms with Crippen LogP contribution in [0.1, 0.15) is 24.1 Å². The van der Waals surface area contributed by atoms with E-state index >= 15 is 0 Å². The maximum absolute atomic E-state index is 12.9. The van der Waals surface area contributed by atoms with Gasteiger partial charge in [0.2, 0.25) is 0 Å². The summed E-state index contributed by atoms with van der Waals surface area (Å²) in [7, 11) is 1.71. The van der Waals surface area contributed by atoms with Crippen LogP contribution in [0.2, 0.25) is 0 Å². The van der Waals surface area contributed by atoms with Gasteiger partial charge in [0, 0.05) is 12.5 Å². The Kier molecular flexibility index (Phi) is 3.77. The van der Waals surface area contributed by atoms with E-state index in [2.05, 4.69) is 5.32 Å². The summed E-state index contributed by atoms with van der Waals surface area (Å²) in [6, 6.07) is 5.77. The Labute approximate surface area is 87.9 Å². The van der Waals surface area contributed by atoms with Gasteiger partial charge in [0.25, 0.3) is 5.92 Å². The third-order valence-corrected chi connectivity index (χ3v) is 2.35. The number of rotatable bonds is 4. The molecule has 2 N–H and O–H groups in total. The average Bonchev–Trinajstić information content (AvgIpc) is 2.19. The van der Waals surface area contributed by atoms with Gasteiger partial charge in [-0.2, -0.15) is 0 Å². The standard InChI is InChI=1S/C11H15F2NO/c1-11(12,13)9-5-3-8(4-6-9)10(7-15)14-2/h3-6,10,14-15H,7H2,1-2H3/t10-/m1/s1. The summed E-state index contributed by atoms with van der Waals surface area (Å²) < 4.78 is 25.8. The second-order valence-electron chi connectivity index (χ2n) is 3.53. The van der Waals surface area contributed by atoms with Crippen LogP contribution in [0.15, 0.2) is 24.3 Å². The summed E-state index contributed by atoms with van der Waals surface area (Å²) in [6.45, 7) is 0.808. The van der Waals surface area contributed by atoms with Crippen LogP contribution in [-0.4, -0.2) is 18.8 Å². The largest absolute Gasteiger partial charge is 0.394 e. The van der Waals surface area contributed by atoms with Gasteiger partial charge in [-0.1, -0.05) is 24.3 Å². The Hall–Kier alpha value is -1.00. The van der Waals surface area contributed by atoms with Crippen molar-refractivity contribution >= 4 is 0 Å². The molecule has 0 fully saturated rings. The zero-order chi connectivity index (χ0) is 11.5. The zero-order valence-electron chi connectivity index (χ0n) is 8.80. The SMILES string of the molecule is CN[C@H](CO)c1ccc(C(C)(F)F)cc1. The first-order chi connectivity index (χ1) is 6.99. The molecule has 0 aromatic heterocycles. The Balaban J connectivity index is 2.89. The third kappa shape index (κ3) is 2.97. The summed E-state index contributed by atoms with van der Waals surface area (Å²) >= 11 is 0. The highest BCUT2D eigenvalue weighted by Gasteiger charge is 2.23. The van der Waals surface area contributed by atoms with E-state index in [1.165, 1.54) is 12.1 Å². The van der Waals surface area contributed by atoms with Crippen molar-refractivity contribution in [3.05, 3.63) is 35.4 Å². The minimum atomic E-state index is -2.81. The fourth-order valence-electron chi connectivity index (χ4n) is 1.37. The molecule has 0 amide bonds. The Bertz CT molecular complexity index is 301. The molecule has 0 radical (unpaired) electrons. The van der Waals surface area contributed by atoms with Crippen LogP contribution in [-0.2, 0) is 5.92 Å². The van der Waals surface area contributed by atoms with Gasteiger partial charge in [-0.25, -0.2) is 8.78 Å². The Morgan fingerprint density at radius 3 is 2.20 bits per heavy atom. The van der Waals surface area contributed by atoms with E-state index in [1.807, 2.05) is 0 Å². The molecule has 1 atom stereocenters. The van der Waals surface area contributed by atoms with Crippen LogP contribution in [0.5, 0.6) is 0 Å². The van der Waals surface area contributed by atoms with Crippen LogP contribution in [0, 0.1) is 0 Å². The second kappa shape index (κ2) is 4.68. The Morgan fingerprint density at radius 1 is 1.33 bits per heavy atom.